The van der Waals surface area contributed by atoms with E-state index in [1.165, 1.54) is 22.3 Å². The third-order valence-corrected chi connectivity index (χ3v) is 3.54. The molecule has 0 aliphatic rings. The molecule has 0 fully saturated rings. The molecule has 0 amide bonds. The lowest BCUT2D eigenvalue weighted by atomic mass is 9.97. The van der Waals surface area contributed by atoms with Gasteiger partial charge in [0.05, 0.1) is 0 Å². The van der Waals surface area contributed by atoms with E-state index in [0.29, 0.717) is 5.92 Å². The molecule has 1 atom stereocenters. The Morgan fingerprint density at radius 2 is 1.78 bits per heavy atom. The average Bonchev–Trinajstić information content (AvgIpc) is 2.27. The van der Waals surface area contributed by atoms with Gasteiger partial charge in [-0.1, -0.05) is 24.6 Å². The van der Waals surface area contributed by atoms with Crippen molar-refractivity contribution in [2.45, 2.75) is 40.5 Å². The molecule has 0 bridgehead atoms. The molecule has 0 heterocycles. The van der Waals surface area contributed by atoms with E-state index < -0.39 is 0 Å². The van der Waals surface area contributed by atoms with Crippen LogP contribution in [0.4, 0.5) is 0 Å². The molecule has 102 valence electrons. The molecule has 1 aromatic carbocycles. The fourth-order valence-electron chi connectivity index (χ4n) is 2.55. The summed E-state index contributed by atoms with van der Waals surface area (Å²) in [7, 11) is 0. The first-order chi connectivity index (χ1) is 8.54. The van der Waals surface area contributed by atoms with E-state index in [4.69, 9.17) is 5.73 Å². The lowest BCUT2D eigenvalue weighted by Crippen LogP contribution is -2.25. The van der Waals surface area contributed by atoms with Crippen LogP contribution in [0.3, 0.4) is 0 Å². The Bertz CT molecular complexity index is 348. The van der Waals surface area contributed by atoms with E-state index in [9.17, 15) is 0 Å². The quantitative estimate of drug-likeness (QED) is 0.728. The Morgan fingerprint density at radius 3 is 2.33 bits per heavy atom. The first-order valence-electron chi connectivity index (χ1n) is 7.02. The van der Waals surface area contributed by atoms with Crippen molar-refractivity contribution in [3.63, 3.8) is 0 Å². The summed E-state index contributed by atoms with van der Waals surface area (Å²) in [6.45, 7) is 11.8. The molecule has 0 aromatic heterocycles. The van der Waals surface area contributed by atoms with Crippen molar-refractivity contribution in [2.24, 2.45) is 11.7 Å². The zero-order chi connectivity index (χ0) is 13.5. The highest BCUT2D eigenvalue weighted by Gasteiger charge is 2.04. The maximum atomic E-state index is 5.55. The van der Waals surface area contributed by atoms with Crippen molar-refractivity contribution in [2.75, 3.05) is 19.6 Å². The zero-order valence-corrected chi connectivity index (χ0v) is 12.3. The highest BCUT2D eigenvalue weighted by Crippen LogP contribution is 2.16. The predicted octanol–water partition coefficient (Wildman–Crippen LogP) is 2.73. The van der Waals surface area contributed by atoms with Crippen molar-refractivity contribution in [3.05, 3.63) is 34.4 Å². The van der Waals surface area contributed by atoms with Gasteiger partial charge in [0.1, 0.15) is 0 Å². The molecule has 0 saturated carbocycles. The zero-order valence-electron chi connectivity index (χ0n) is 12.3. The van der Waals surface area contributed by atoms with Gasteiger partial charge < -0.3 is 11.1 Å². The largest absolute Gasteiger partial charge is 0.330 e. The van der Waals surface area contributed by atoms with Gasteiger partial charge in [-0.25, -0.2) is 0 Å². The second-order valence-electron chi connectivity index (χ2n) is 5.51. The molecule has 2 heteroatoms. The van der Waals surface area contributed by atoms with Gasteiger partial charge in [-0.15, -0.1) is 0 Å². The molecule has 0 aliphatic carbocycles. The number of hydrogen-bond acceptors (Lipinski definition) is 2. The number of rotatable bonds is 7. The average molecular weight is 248 g/mol. The highest BCUT2D eigenvalue weighted by atomic mass is 14.8. The molecule has 3 N–H and O–H groups in total. The first-order valence-corrected chi connectivity index (χ1v) is 7.02. The summed E-state index contributed by atoms with van der Waals surface area (Å²) in [6.07, 6.45) is 2.23. The number of hydrogen-bond donors (Lipinski definition) is 2. The van der Waals surface area contributed by atoms with Crippen molar-refractivity contribution < 1.29 is 0 Å². The van der Waals surface area contributed by atoms with E-state index in [1.807, 2.05) is 0 Å². The Hall–Kier alpha value is -0.860. The van der Waals surface area contributed by atoms with Gasteiger partial charge in [0, 0.05) is 0 Å². The molecule has 0 aliphatic heterocycles. The standard InChI is InChI=1S/C16H28N2/c1-12(5-7-17)11-18-8-6-16-14(3)9-13(2)10-15(16)4/h9-10,12,18H,5-8,11,17H2,1-4H3. The SMILES string of the molecule is Cc1cc(C)c(CCNCC(C)CCN)c(C)c1. The van der Waals surface area contributed by atoms with Crippen LogP contribution in [0, 0.1) is 26.7 Å². The van der Waals surface area contributed by atoms with Crippen LogP contribution < -0.4 is 11.1 Å². The molecule has 0 spiro atoms. The van der Waals surface area contributed by atoms with Crippen LogP contribution in [0.1, 0.15) is 35.6 Å². The van der Waals surface area contributed by atoms with Crippen molar-refractivity contribution in [1.82, 2.24) is 5.32 Å². The molecule has 18 heavy (non-hydrogen) atoms. The minimum absolute atomic E-state index is 0.676. The first kappa shape index (κ1) is 15.2. The second-order valence-corrected chi connectivity index (χ2v) is 5.51. The molecule has 1 rings (SSSR count). The van der Waals surface area contributed by atoms with E-state index in [-0.39, 0.29) is 0 Å². The smallest absolute Gasteiger partial charge is 0.000804 e. The molecule has 0 saturated heterocycles. The minimum atomic E-state index is 0.676. The fourth-order valence-corrected chi connectivity index (χ4v) is 2.55. The Kier molecular flexibility index (Phi) is 6.37. The molecule has 0 radical (unpaired) electrons. The fraction of sp³-hybridized carbons (Fsp3) is 0.625. The Labute approximate surface area is 112 Å². The van der Waals surface area contributed by atoms with Crippen LogP contribution in [0.25, 0.3) is 0 Å². The number of nitrogens with one attached hydrogen (secondary N) is 1. The van der Waals surface area contributed by atoms with Gasteiger partial charge in [-0.2, -0.15) is 0 Å². The molecule has 1 aromatic rings. The molecular weight excluding hydrogens is 220 g/mol. The van der Waals surface area contributed by atoms with Crippen LogP contribution in [0.2, 0.25) is 0 Å². The van der Waals surface area contributed by atoms with Gasteiger partial charge in [0.25, 0.3) is 0 Å². The normalized spacial score (nSPS) is 12.7. The summed E-state index contributed by atoms with van der Waals surface area (Å²) in [5, 5.41) is 3.53. The number of nitrogens with two attached hydrogens (primary N) is 1. The van der Waals surface area contributed by atoms with Crippen molar-refractivity contribution in [1.29, 1.82) is 0 Å². The van der Waals surface area contributed by atoms with Crippen molar-refractivity contribution >= 4 is 0 Å². The summed E-state index contributed by atoms with van der Waals surface area (Å²) in [5.74, 6) is 0.676. The van der Waals surface area contributed by atoms with Crippen LogP contribution in [0.15, 0.2) is 12.1 Å². The Balaban J connectivity index is 2.40. The van der Waals surface area contributed by atoms with Gasteiger partial charge in [0.15, 0.2) is 0 Å². The second kappa shape index (κ2) is 7.55. The maximum Gasteiger partial charge on any atom is -0.000804 e. The molecule has 1 unspecified atom stereocenters. The summed E-state index contributed by atoms with van der Waals surface area (Å²) in [4.78, 5) is 0. The van der Waals surface area contributed by atoms with Gasteiger partial charge in [-0.3, -0.25) is 0 Å². The monoisotopic (exact) mass is 248 g/mol. The summed E-state index contributed by atoms with van der Waals surface area (Å²) >= 11 is 0. The van der Waals surface area contributed by atoms with Crippen LogP contribution in [0.5, 0.6) is 0 Å². The third-order valence-electron chi connectivity index (χ3n) is 3.54. The predicted molar refractivity (Wildman–Crippen MR) is 80.1 cm³/mol. The maximum absolute atomic E-state index is 5.55. The van der Waals surface area contributed by atoms with Crippen LogP contribution in [-0.2, 0) is 6.42 Å². The third kappa shape index (κ3) is 4.79. The number of aryl methyl sites for hydroxylation is 3. The van der Waals surface area contributed by atoms with E-state index in [1.54, 1.807) is 0 Å². The van der Waals surface area contributed by atoms with E-state index in [0.717, 1.165) is 32.5 Å². The lowest BCUT2D eigenvalue weighted by Gasteiger charge is -2.14. The van der Waals surface area contributed by atoms with Gasteiger partial charge in [0.2, 0.25) is 0 Å². The molecular formula is C16H28N2. The summed E-state index contributed by atoms with van der Waals surface area (Å²) < 4.78 is 0. The van der Waals surface area contributed by atoms with Gasteiger partial charge in [-0.05, 0) is 75.9 Å². The highest BCUT2D eigenvalue weighted by molar-refractivity contribution is 5.37. The van der Waals surface area contributed by atoms with Gasteiger partial charge >= 0.3 is 0 Å². The van der Waals surface area contributed by atoms with E-state index >= 15 is 0 Å². The minimum Gasteiger partial charge on any atom is -0.330 e. The number of benzene rings is 1. The summed E-state index contributed by atoms with van der Waals surface area (Å²) in [5.41, 5.74) is 11.3. The topological polar surface area (TPSA) is 38.0 Å². The molecule has 2 nitrogen and oxygen atoms in total. The summed E-state index contributed by atoms with van der Waals surface area (Å²) in [6, 6.07) is 4.55. The Morgan fingerprint density at radius 1 is 1.17 bits per heavy atom. The van der Waals surface area contributed by atoms with E-state index in [2.05, 4.69) is 45.1 Å². The van der Waals surface area contributed by atoms with Crippen LogP contribution in [-0.4, -0.2) is 19.6 Å². The van der Waals surface area contributed by atoms with Crippen LogP contribution >= 0.6 is 0 Å². The lowest BCUT2D eigenvalue weighted by molar-refractivity contribution is 0.488. The van der Waals surface area contributed by atoms with Crippen molar-refractivity contribution in [3.8, 4) is 0 Å².